The van der Waals surface area contributed by atoms with E-state index in [9.17, 15) is 19.2 Å². The summed E-state index contributed by atoms with van der Waals surface area (Å²) in [5.74, 6) is -0.851. The van der Waals surface area contributed by atoms with Gasteiger partial charge in [-0.05, 0) is 71.4 Å². The van der Waals surface area contributed by atoms with Gasteiger partial charge in [0.25, 0.3) is 5.91 Å². The van der Waals surface area contributed by atoms with Crippen molar-refractivity contribution < 1.29 is 39.8 Å². The van der Waals surface area contributed by atoms with Gasteiger partial charge in [-0.1, -0.05) is 12.2 Å². The smallest absolute Gasteiger partial charge is 0.417 e. The standard InChI is InChI=1S/C12H19NO3.C10H15NO3.2HOPS/c1-6-9-7-10(14)13(8(9)2)11(15)16-12(3,4)5;1-7-5-6-8(12)11(7)9(13)14-10(2,3)4;2*1-3-2/h6,8-9H,1,7H2,2-5H3;5-7H,1-4H3;2*2H/t8-,9+;7-;;/m11../s1/i2T;1T;;. The fourth-order valence-electron chi connectivity index (χ4n) is 2.66. The van der Waals surface area contributed by atoms with Gasteiger partial charge >= 0.3 is 12.2 Å². The van der Waals surface area contributed by atoms with Gasteiger partial charge in [-0.2, -0.15) is 0 Å². The third kappa shape index (κ3) is 13.9. The zero-order valence-electron chi connectivity index (χ0n) is 23.3. The highest BCUT2D eigenvalue weighted by atomic mass is 32.4. The highest BCUT2D eigenvalue weighted by Crippen LogP contribution is 2.27. The number of likely N-dealkylation sites (tertiary alicyclic amines) is 1. The molecule has 2 aliphatic heterocycles. The predicted octanol–water partition coefficient (Wildman–Crippen LogP) is 4.57. The third-order valence-corrected chi connectivity index (χ3v) is 4.02. The van der Waals surface area contributed by atoms with Crippen LogP contribution in [0, 0.1) is 5.92 Å². The highest BCUT2D eigenvalue weighted by molar-refractivity contribution is 7.93. The number of hydrogen-bond donors (Lipinski definition) is 0. The average Bonchev–Trinajstić information content (AvgIpc) is 3.31. The molecule has 10 nitrogen and oxygen atoms in total. The molecule has 2 aliphatic rings. The van der Waals surface area contributed by atoms with Crippen LogP contribution in [0.3, 0.4) is 0 Å². The molecule has 0 saturated carbocycles. The number of carbonyl (C=O) groups excluding carboxylic acids is 4. The summed E-state index contributed by atoms with van der Waals surface area (Å²) in [7, 11) is 5.70. The Morgan fingerprint density at radius 3 is 1.83 bits per heavy atom. The molecule has 0 aromatic rings. The Bertz CT molecular complexity index is 946. The molecule has 0 bridgehead atoms. The minimum atomic E-state index is -0.685. The summed E-state index contributed by atoms with van der Waals surface area (Å²) in [6.07, 6.45) is 3.34. The van der Waals surface area contributed by atoms with E-state index in [1.807, 2.05) is 0 Å². The SMILES string of the molecule is O=S=P.O=S=P.[3H]C[C@@H]1C=CC(=O)N1C(=O)OC(C)(C)C.[3H]C[C@@H]1[C@@H](C=C)CC(=O)N1C(=O)OC(C)(C)C. The van der Waals surface area contributed by atoms with E-state index in [0.29, 0.717) is 21.7 Å². The Morgan fingerprint density at radius 1 is 1.03 bits per heavy atom. The normalized spacial score (nSPS) is 21.2. The van der Waals surface area contributed by atoms with Crippen LogP contribution in [-0.4, -0.2) is 65.5 Å². The number of imide groups is 2. The van der Waals surface area contributed by atoms with Crippen LogP contribution in [0.25, 0.3) is 0 Å². The second kappa shape index (κ2) is 16.7. The third-order valence-electron chi connectivity index (χ3n) is 4.02. The zero-order valence-corrected chi connectivity index (χ0v) is 24.9. The van der Waals surface area contributed by atoms with Crippen LogP contribution in [-0.2, 0) is 40.8 Å². The van der Waals surface area contributed by atoms with E-state index in [4.69, 9.17) is 20.6 Å². The van der Waals surface area contributed by atoms with Crippen molar-refractivity contribution in [3.63, 3.8) is 0 Å². The Morgan fingerprint density at radius 2 is 1.47 bits per heavy atom. The fourth-order valence-corrected chi connectivity index (χ4v) is 2.66. The molecule has 0 unspecified atom stereocenters. The largest absolute Gasteiger partial charge is 0.443 e. The van der Waals surface area contributed by atoms with E-state index in [2.05, 4.69) is 22.6 Å². The molecule has 3 atom stereocenters. The van der Waals surface area contributed by atoms with Crippen molar-refractivity contribution in [2.75, 3.05) is 0 Å². The fraction of sp³-hybridized carbons (Fsp3) is 0.636. The summed E-state index contributed by atoms with van der Waals surface area (Å²) in [6, 6.07) is -0.942. The van der Waals surface area contributed by atoms with E-state index in [0.717, 1.165) is 9.80 Å². The van der Waals surface area contributed by atoms with Crippen molar-refractivity contribution in [1.82, 2.24) is 9.80 Å². The molecular formula is C22H36N2O8P2S2. The van der Waals surface area contributed by atoms with E-state index < -0.39 is 41.4 Å². The molecule has 2 rings (SSSR count). The van der Waals surface area contributed by atoms with Crippen molar-refractivity contribution in [2.45, 2.75) is 85.0 Å². The van der Waals surface area contributed by atoms with Gasteiger partial charge in [0.05, 0.1) is 6.04 Å². The van der Waals surface area contributed by atoms with E-state index >= 15 is 0 Å². The van der Waals surface area contributed by atoms with Crippen LogP contribution >= 0.6 is 16.0 Å². The van der Waals surface area contributed by atoms with E-state index in [-0.39, 0.29) is 32.0 Å². The second-order valence-electron chi connectivity index (χ2n) is 9.20. The number of nitrogens with zero attached hydrogens (tertiary/aromatic N) is 2. The van der Waals surface area contributed by atoms with Gasteiger partial charge in [-0.25, -0.2) is 27.8 Å². The van der Waals surface area contributed by atoms with Gasteiger partial charge in [0.2, 0.25) is 5.91 Å². The average molecular weight is 587 g/mol. The first-order chi connectivity index (χ1) is 17.5. The Balaban J connectivity index is 0. The predicted molar refractivity (Wildman–Crippen MR) is 145 cm³/mol. The van der Waals surface area contributed by atoms with Crippen LogP contribution in [0.4, 0.5) is 9.59 Å². The summed E-state index contributed by atoms with van der Waals surface area (Å²) >= 11 is 0. The molecule has 2 heterocycles. The summed E-state index contributed by atoms with van der Waals surface area (Å²) in [5, 5.41) is 0. The van der Waals surface area contributed by atoms with Crippen LogP contribution in [0.2, 0.25) is 0 Å². The number of ether oxygens (including phenoxy) is 2. The molecule has 0 radical (unpaired) electrons. The number of amides is 4. The number of rotatable bonds is 1. The Labute approximate surface area is 226 Å². The van der Waals surface area contributed by atoms with Crippen molar-refractivity contribution in [1.29, 1.82) is 0 Å². The lowest BCUT2D eigenvalue weighted by Gasteiger charge is -2.26. The van der Waals surface area contributed by atoms with Crippen molar-refractivity contribution in [2.24, 2.45) is 5.92 Å². The van der Waals surface area contributed by atoms with Crippen LogP contribution in [0.1, 0.15) is 64.5 Å². The van der Waals surface area contributed by atoms with Gasteiger partial charge in [-0.3, -0.25) is 9.59 Å². The van der Waals surface area contributed by atoms with Crippen LogP contribution < -0.4 is 0 Å². The van der Waals surface area contributed by atoms with Crippen LogP contribution in [0.15, 0.2) is 24.8 Å². The molecule has 4 amide bonds. The molecule has 14 heteroatoms. The molecule has 0 N–H and O–H groups in total. The van der Waals surface area contributed by atoms with Crippen molar-refractivity contribution >= 4 is 61.7 Å². The molecular weight excluding hydrogens is 546 g/mol. The Hall–Kier alpha value is -2.00. The molecule has 36 heavy (non-hydrogen) atoms. The van der Waals surface area contributed by atoms with Gasteiger partial charge < -0.3 is 9.47 Å². The highest BCUT2D eigenvalue weighted by Gasteiger charge is 2.41. The molecule has 0 aromatic heterocycles. The first kappa shape index (κ1) is 32.0. The van der Waals surface area contributed by atoms with Gasteiger partial charge in [0.1, 0.15) is 32.9 Å². The van der Waals surface area contributed by atoms with E-state index in [1.165, 1.54) is 6.08 Å². The maximum Gasteiger partial charge on any atom is 0.417 e. The summed E-state index contributed by atoms with van der Waals surface area (Å²) in [4.78, 5) is 48.6. The van der Waals surface area contributed by atoms with Gasteiger partial charge in [0, 0.05) is 27.2 Å². The lowest BCUT2D eigenvalue weighted by molar-refractivity contribution is -0.128. The second-order valence-corrected chi connectivity index (χ2v) is 10.5. The lowest BCUT2D eigenvalue weighted by Crippen LogP contribution is -2.42. The summed E-state index contributed by atoms with van der Waals surface area (Å²) in [6.45, 7) is 14.0. The molecule has 0 spiro atoms. The molecule has 0 aromatic carbocycles. The monoisotopic (exact) mass is 586 g/mol. The molecule has 204 valence electrons. The molecule has 0 aliphatic carbocycles. The lowest BCUT2D eigenvalue weighted by atomic mass is 10.0. The van der Waals surface area contributed by atoms with Crippen molar-refractivity contribution in [3.8, 4) is 0 Å². The summed E-state index contributed by atoms with van der Waals surface area (Å²) < 4.78 is 42.4. The summed E-state index contributed by atoms with van der Waals surface area (Å²) in [5.41, 5.74) is -1.28. The minimum absolute atomic E-state index is 0.0261. The Kier molecular flexibility index (Phi) is 14.8. The maximum absolute atomic E-state index is 11.9. The van der Waals surface area contributed by atoms with Crippen molar-refractivity contribution in [3.05, 3.63) is 24.8 Å². The number of carbonyl (C=O) groups is 4. The van der Waals surface area contributed by atoms with Crippen LogP contribution in [0.5, 0.6) is 0 Å². The molecule has 1 saturated heterocycles. The number of hydrogen-bond acceptors (Lipinski definition) is 8. The molecule has 1 fully saturated rings. The van der Waals surface area contributed by atoms with Gasteiger partial charge in [0.15, 0.2) is 0 Å². The first-order valence-corrected chi connectivity index (χ1v) is 14.3. The van der Waals surface area contributed by atoms with Gasteiger partial charge in [-0.15, -0.1) is 6.58 Å². The zero-order chi connectivity index (χ0) is 30.3. The first-order valence-electron chi connectivity index (χ1n) is 11.8. The van der Waals surface area contributed by atoms with E-state index in [1.54, 1.807) is 53.7 Å². The topological polar surface area (TPSA) is 127 Å². The quantitative estimate of drug-likeness (QED) is 0.323. The maximum atomic E-state index is 11.9. The minimum Gasteiger partial charge on any atom is -0.443 e.